The lowest BCUT2D eigenvalue weighted by Gasteiger charge is -2.22. The molecule has 4 atom stereocenters. The van der Waals surface area contributed by atoms with Gasteiger partial charge in [0, 0.05) is 32.6 Å². The van der Waals surface area contributed by atoms with Crippen LogP contribution in [0.5, 0.6) is 0 Å². The van der Waals surface area contributed by atoms with Gasteiger partial charge in [-0.3, -0.25) is 9.59 Å². The van der Waals surface area contributed by atoms with Crippen LogP contribution in [-0.2, 0) is 9.59 Å². The van der Waals surface area contributed by atoms with E-state index < -0.39 is 0 Å². The number of fused-ring (bicyclic) bond motifs is 1. The molecule has 0 aromatic rings. The van der Waals surface area contributed by atoms with Gasteiger partial charge in [0.2, 0.25) is 11.8 Å². The first-order valence-corrected chi connectivity index (χ1v) is 8.26. The third-order valence-electron chi connectivity index (χ3n) is 5.46. The van der Waals surface area contributed by atoms with Crippen molar-refractivity contribution in [3.05, 3.63) is 0 Å². The lowest BCUT2D eigenvalue weighted by molar-refractivity contribution is -0.130. The topological polar surface area (TPSA) is 76.4 Å². The van der Waals surface area contributed by atoms with E-state index in [0.29, 0.717) is 31.0 Å². The summed E-state index contributed by atoms with van der Waals surface area (Å²) in [5, 5.41) is 12.4. The van der Waals surface area contributed by atoms with E-state index >= 15 is 0 Å². The van der Waals surface area contributed by atoms with Crippen LogP contribution in [0.1, 0.15) is 32.6 Å². The van der Waals surface area contributed by atoms with Crippen LogP contribution < -0.4 is 5.32 Å². The smallest absolute Gasteiger partial charge is 0.237 e. The molecule has 3 rings (SSSR count). The highest BCUT2D eigenvalue weighted by atomic mass is 16.2. The van der Waals surface area contributed by atoms with Crippen molar-refractivity contribution >= 4 is 11.8 Å². The molecule has 1 N–H and O–H groups in total. The molecule has 0 bridgehead atoms. The van der Waals surface area contributed by atoms with Crippen molar-refractivity contribution in [2.24, 2.45) is 11.8 Å². The quantitative estimate of drug-likeness (QED) is 0.816. The molecule has 2 heterocycles. The number of nitrogens with one attached hydrogen (secondary N) is 1. The van der Waals surface area contributed by atoms with E-state index in [1.165, 1.54) is 0 Å². The number of hydrogen-bond acceptors (Lipinski definition) is 4. The number of carbonyl (C=O) groups is 2. The predicted octanol–water partition coefficient (Wildman–Crippen LogP) is 0.347. The first kappa shape index (κ1) is 15.3. The molecule has 120 valence electrons. The summed E-state index contributed by atoms with van der Waals surface area (Å²) < 4.78 is 0. The third-order valence-corrected chi connectivity index (χ3v) is 5.46. The molecule has 6 heteroatoms. The number of likely N-dealkylation sites (tertiary alicyclic amines) is 2. The molecule has 22 heavy (non-hydrogen) atoms. The van der Waals surface area contributed by atoms with Crippen molar-refractivity contribution in [2.45, 2.75) is 44.7 Å². The van der Waals surface area contributed by atoms with E-state index in [1.54, 1.807) is 11.8 Å². The number of nitrogens with zero attached hydrogens (tertiary/aromatic N) is 3. The average molecular weight is 304 g/mol. The van der Waals surface area contributed by atoms with Crippen molar-refractivity contribution in [1.29, 1.82) is 5.26 Å². The summed E-state index contributed by atoms with van der Waals surface area (Å²) in [7, 11) is 0. The van der Waals surface area contributed by atoms with Gasteiger partial charge in [-0.2, -0.15) is 5.26 Å². The predicted molar refractivity (Wildman–Crippen MR) is 80.6 cm³/mol. The molecule has 0 radical (unpaired) electrons. The Bertz CT molecular complexity index is 487. The van der Waals surface area contributed by atoms with Crippen LogP contribution in [0, 0.1) is 23.2 Å². The van der Waals surface area contributed by atoms with Gasteiger partial charge in [0.15, 0.2) is 0 Å². The van der Waals surface area contributed by atoms with E-state index in [0.717, 1.165) is 38.8 Å². The van der Waals surface area contributed by atoms with Gasteiger partial charge in [-0.1, -0.05) is 0 Å². The Morgan fingerprint density at radius 3 is 2.55 bits per heavy atom. The van der Waals surface area contributed by atoms with Crippen LogP contribution in [-0.4, -0.2) is 59.9 Å². The fourth-order valence-electron chi connectivity index (χ4n) is 4.26. The number of carbonyl (C=O) groups excluding carboxylic acids is 2. The number of amides is 2. The minimum absolute atomic E-state index is 0.0477. The standard InChI is InChI=1S/C16H24N4O2/c1-11(21)19-9-12-5-14(6-13(12)10-19)18-8-16(22)20-4-2-3-15(20)7-17/h12-15,18H,2-6,8-10H2,1H3/t12-,13?,14?,15-/m0/s1. The van der Waals surface area contributed by atoms with E-state index in [4.69, 9.17) is 5.26 Å². The van der Waals surface area contributed by atoms with Gasteiger partial charge in [-0.15, -0.1) is 0 Å². The minimum atomic E-state index is -0.235. The summed E-state index contributed by atoms with van der Waals surface area (Å²) in [6, 6.07) is 2.35. The first-order valence-electron chi connectivity index (χ1n) is 8.26. The second-order valence-electron chi connectivity index (χ2n) is 6.87. The van der Waals surface area contributed by atoms with E-state index in [2.05, 4.69) is 11.4 Å². The molecule has 1 aliphatic carbocycles. The fourth-order valence-corrected chi connectivity index (χ4v) is 4.26. The van der Waals surface area contributed by atoms with Crippen LogP contribution in [0.3, 0.4) is 0 Å². The highest BCUT2D eigenvalue weighted by molar-refractivity contribution is 5.79. The van der Waals surface area contributed by atoms with Crippen LogP contribution in [0.25, 0.3) is 0 Å². The molecule has 3 fully saturated rings. The average Bonchev–Trinajstić information content (AvgIpc) is 3.17. The van der Waals surface area contributed by atoms with Crippen LogP contribution in [0.15, 0.2) is 0 Å². The Balaban J connectivity index is 1.44. The zero-order valence-electron chi connectivity index (χ0n) is 13.1. The molecule has 0 spiro atoms. The molecular formula is C16H24N4O2. The Morgan fingerprint density at radius 2 is 1.95 bits per heavy atom. The maximum atomic E-state index is 12.2. The van der Waals surface area contributed by atoms with Gasteiger partial charge >= 0.3 is 0 Å². The monoisotopic (exact) mass is 304 g/mol. The maximum absolute atomic E-state index is 12.2. The molecule has 0 aromatic carbocycles. The van der Waals surface area contributed by atoms with Gasteiger partial charge in [0.25, 0.3) is 0 Å². The molecule has 2 amide bonds. The molecule has 1 saturated carbocycles. The highest BCUT2D eigenvalue weighted by Gasteiger charge is 2.41. The summed E-state index contributed by atoms with van der Waals surface area (Å²) in [6.07, 6.45) is 3.82. The van der Waals surface area contributed by atoms with Crippen molar-refractivity contribution in [3.63, 3.8) is 0 Å². The summed E-state index contributed by atoms with van der Waals surface area (Å²) in [4.78, 5) is 27.3. The number of hydrogen-bond donors (Lipinski definition) is 1. The number of nitriles is 1. The lowest BCUT2D eigenvalue weighted by atomic mass is 10.0. The van der Waals surface area contributed by atoms with Crippen molar-refractivity contribution < 1.29 is 9.59 Å². The highest BCUT2D eigenvalue weighted by Crippen LogP contribution is 2.38. The Labute approximate surface area is 131 Å². The first-order chi connectivity index (χ1) is 10.6. The molecule has 6 nitrogen and oxygen atoms in total. The van der Waals surface area contributed by atoms with Gasteiger partial charge in [0.1, 0.15) is 6.04 Å². The Hall–Kier alpha value is -1.61. The lowest BCUT2D eigenvalue weighted by Crippen LogP contribution is -2.43. The second-order valence-corrected chi connectivity index (χ2v) is 6.87. The van der Waals surface area contributed by atoms with Crippen LogP contribution >= 0.6 is 0 Å². The molecule has 3 aliphatic rings. The SMILES string of the molecule is CC(=O)N1CC2CC(NCC(=O)N3CCC[C@H]3C#N)C[C@H]2C1. The van der Waals surface area contributed by atoms with Crippen LogP contribution in [0.4, 0.5) is 0 Å². The van der Waals surface area contributed by atoms with Gasteiger partial charge in [0.05, 0.1) is 12.6 Å². The normalized spacial score (nSPS) is 33.8. The third kappa shape index (κ3) is 2.95. The minimum Gasteiger partial charge on any atom is -0.342 e. The van der Waals surface area contributed by atoms with Crippen molar-refractivity contribution in [3.8, 4) is 6.07 Å². The number of rotatable bonds is 3. The van der Waals surface area contributed by atoms with E-state index in [1.807, 2.05) is 4.90 Å². The zero-order chi connectivity index (χ0) is 15.7. The molecule has 2 unspecified atom stereocenters. The van der Waals surface area contributed by atoms with Gasteiger partial charge in [-0.05, 0) is 37.5 Å². The molecule has 0 aromatic heterocycles. The largest absolute Gasteiger partial charge is 0.342 e. The Morgan fingerprint density at radius 1 is 1.27 bits per heavy atom. The van der Waals surface area contributed by atoms with Crippen molar-refractivity contribution in [2.75, 3.05) is 26.2 Å². The van der Waals surface area contributed by atoms with E-state index in [-0.39, 0.29) is 17.9 Å². The molecule has 2 aliphatic heterocycles. The van der Waals surface area contributed by atoms with E-state index in [9.17, 15) is 9.59 Å². The molecule has 2 saturated heterocycles. The molecular weight excluding hydrogens is 280 g/mol. The van der Waals surface area contributed by atoms with Crippen molar-refractivity contribution in [1.82, 2.24) is 15.1 Å². The summed E-state index contributed by atoms with van der Waals surface area (Å²) in [6.45, 7) is 4.42. The van der Waals surface area contributed by atoms with Gasteiger partial charge in [-0.25, -0.2) is 0 Å². The summed E-state index contributed by atoms with van der Waals surface area (Å²) >= 11 is 0. The zero-order valence-corrected chi connectivity index (χ0v) is 13.1. The fraction of sp³-hybridized carbons (Fsp3) is 0.812. The summed E-state index contributed by atoms with van der Waals surface area (Å²) in [5.41, 5.74) is 0. The maximum Gasteiger partial charge on any atom is 0.237 e. The Kier molecular flexibility index (Phi) is 4.34. The van der Waals surface area contributed by atoms with Gasteiger partial charge < -0.3 is 15.1 Å². The van der Waals surface area contributed by atoms with Crippen LogP contribution in [0.2, 0.25) is 0 Å². The summed E-state index contributed by atoms with van der Waals surface area (Å²) in [5.74, 6) is 1.38. The second kappa shape index (κ2) is 6.25.